The van der Waals surface area contributed by atoms with Crippen molar-refractivity contribution < 1.29 is 19.1 Å². The van der Waals surface area contributed by atoms with Gasteiger partial charge in [-0.15, -0.1) is 0 Å². The van der Waals surface area contributed by atoms with Crippen molar-refractivity contribution in [2.45, 2.75) is 59.2 Å². The van der Waals surface area contributed by atoms with Crippen LogP contribution in [0.25, 0.3) is 0 Å². The SMILES string of the molecule is CCC(C)(C)C(NC(=O)c1ccc(N2CCN(C)CC2)cc1)C(=O)N1C[C@@H](C(C)C)[C@H]2OCC(=O)[C@H]21. The number of nitrogens with zero attached hydrogens (tertiary/aromatic N) is 3. The van der Waals surface area contributed by atoms with E-state index in [1.165, 1.54) is 0 Å². The molecule has 2 amide bonds. The van der Waals surface area contributed by atoms with E-state index in [-0.39, 0.29) is 42.1 Å². The number of fused-ring (bicyclic) bond motifs is 1. The zero-order valence-corrected chi connectivity index (χ0v) is 22.6. The van der Waals surface area contributed by atoms with E-state index in [0.29, 0.717) is 18.5 Å². The Balaban J connectivity index is 1.51. The average molecular weight is 499 g/mol. The Labute approximate surface area is 215 Å². The number of nitrogens with one attached hydrogen (secondary N) is 1. The van der Waals surface area contributed by atoms with Crippen molar-refractivity contribution >= 4 is 23.3 Å². The number of amides is 2. The molecule has 1 unspecified atom stereocenters. The van der Waals surface area contributed by atoms with Crippen LogP contribution in [0.1, 0.15) is 51.4 Å². The number of Topliss-reactive ketones (excluding diaryl/α,β-unsaturated/α-hetero) is 1. The quantitative estimate of drug-likeness (QED) is 0.622. The fraction of sp³-hybridized carbons (Fsp3) is 0.679. The highest BCUT2D eigenvalue weighted by Crippen LogP contribution is 2.38. The maximum Gasteiger partial charge on any atom is 0.251 e. The fourth-order valence-corrected chi connectivity index (χ4v) is 5.57. The van der Waals surface area contributed by atoms with E-state index in [1.54, 1.807) is 4.90 Å². The van der Waals surface area contributed by atoms with Gasteiger partial charge < -0.3 is 24.8 Å². The largest absolute Gasteiger partial charge is 0.369 e. The second kappa shape index (κ2) is 10.5. The van der Waals surface area contributed by atoms with Gasteiger partial charge in [0, 0.05) is 49.9 Å². The number of ketones is 1. The van der Waals surface area contributed by atoms with E-state index in [9.17, 15) is 14.4 Å². The summed E-state index contributed by atoms with van der Waals surface area (Å²) in [6.07, 6.45) is 0.441. The van der Waals surface area contributed by atoms with Crippen molar-refractivity contribution in [2.75, 3.05) is 51.3 Å². The third kappa shape index (κ3) is 5.16. The van der Waals surface area contributed by atoms with Crippen LogP contribution in [0.15, 0.2) is 24.3 Å². The van der Waals surface area contributed by atoms with Crippen LogP contribution in [0.4, 0.5) is 5.69 Å². The predicted molar refractivity (Wildman–Crippen MR) is 140 cm³/mol. The van der Waals surface area contributed by atoms with Gasteiger partial charge in [-0.05, 0) is 49.1 Å². The van der Waals surface area contributed by atoms with E-state index >= 15 is 0 Å². The summed E-state index contributed by atoms with van der Waals surface area (Å²) in [6.45, 7) is 14.7. The number of piperazine rings is 1. The van der Waals surface area contributed by atoms with Gasteiger partial charge in [0.2, 0.25) is 5.91 Å². The summed E-state index contributed by atoms with van der Waals surface area (Å²) in [5.74, 6) is -0.123. The summed E-state index contributed by atoms with van der Waals surface area (Å²) in [4.78, 5) is 46.3. The van der Waals surface area contributed by atoms with E-state index in [1.807, 2.05) is 45.0 Å². The molecule has 0 saturated carbocycles. The van der Waals surface area contributed by atoms with Crippen LogP contribution in [0.3, 0.4) is 0 Å². The molecule has 0 radical (unpaired) electrons. The third-order valence-corrected chi connectivity index (χ3v) is 8.58. The molecule has 0 aliphatic carbocycles. The van der Waals surface area contributed by atoms with E-state index < -0.39 is 17.5 Å². The Kier molecular flexibility index (Phi) is 7.76. The highest BCUT2D eigenvalue weighted by molar-refractivity contribution is 5.99. The van der Waals surface area contributed by atoms with Crippen LogP contribution < -0.4 is 10.2 Å². The summed E-state index contributed by atoms with van der Waals surface area (Å²) < 4.78 is 5.82. The molecule has 0 aromatic heterocycles. The Morgan fingerprint density at radius 2 is 1.75 bits per heavy atom. The van der Waals surface area contributed by atoms with Gasteiger partial charge in [-0.1, -0.05) is 34.6 Å². The normalized spacial score (nSPS) is 25.9. The maximum absolute atomic E-state index is 14.0. The van der Waals surface area contributed by atoms with E-state index in [2.05, 4.69) is 36.0 Å². The summed E-state index contributed by atoms with van der Waals surface area (Å²) in [6, 6.07) is 6.33. The number of anilines is 1. The third-order valence-electron chi connectivity index (χ3n) is 8.58. The smallest absolute Gasteiger partial charge is 0.251 e. The van der Waals surface area contributed by atoms with Crippen molar-refractivity contribution in [2.24, 2.45) is 17.3 Å². The number of hydrogen-bond donors (Lipinski definition) is 1. The van der Waals surface area contributed by atoms with Crippen molar-refractivity contribution in [3.05, 3.63) is 29.8 Å². The topological polar surface area (TPSA) is 82.2 Å². The van der Waals surface area contributed by atoms with Crippen molar-refractivity contribution in [3.63, 3.8) is 0 Å². The van der Waals surface area contributed by atoms with Crippen LogP contribution in [-0.2, 0) is 14.3 Å². The molecule has 3 saturated heterocycles. The lowest BCUT2D eigenvalue weighted by Gasteiger charge is -2.37. The molecule has 3 aliphatic rings. The van der Waals surface area contributed by atoms with Crippen LogP contribution in [0, 0.1) is 17.3 Å². The molecule has 8 nitrogen and oxygen atoms in total. The van der Waals surface area contributed by atoms with Crippen molar-refractivity contribution in [1.29, 1.82) is 0 Å². The summed E-state index contributed by atoms with van der Waals surface area (Å²) in [5, 5.41) is 3.04. The van der Waals surface area contributed by atoms with Gasteiger partial charge in [-0.25, -0.2) is 0 Å². The Morgan fingerprint density at radius 3 is 2.33 bits per heavy atom. The van der Waals surface area contributed by atoms with Gasteiger partial charge in [0.05, 0.1) is 6.10 Å². The van der Waals surface area contributed by atoms with E-state index in [4.69, 9.17) is 4.74 Å². The van der Waals surface area contributed by atoms with Crippen LogP contribution in [0.5, 0.6) is 0 Å². The van der Waals surface area contributed by atoms with Gasteiger partial charge in [0.15, 0.2) is 5.78 Å². The molecule has 0 bridgehead atoms. The molecule has 3 fully saturated rings. The number of carbonyl (C=O) groups excluding carboxylic acids is 3. The first-order valence-corrected chi connectivity index (χ1v) is 13.3. The Bertz CT molecular complexity index is 968. The molecule has 36 heavy (non-hydrogen) atoms. The highest BCUT2D eigenvalue weighted by atomic mass is 16.5. The van der Waals surface area contributed by atoms with Gasteiger partial charge in [0.25, 0.3) is 5.91 Å². The second-order valence-corrected chi connectivity index (χ2v) is 11.7. The highest BCUT2D eigenvalue weighted by Gasteiger charge is 2.54. The first-order chi connectivity index (χ1) is 17.0. The van der Waals surface area contributed by atoms with Gasteiger partial charge in [0.1, 0.15) is 18.7 Å². The molecule has 8 heteroatoms. The number of carbonyl (C=O) groups is 3. The monoisotopic (exact) mass is 498 g/mol. The number of hydrogen-bond acceptors (Lipinski definition) is 6. The van der Waals surface area contributed by atoms with Crippen LogP contribution >= 0.6 is 0 Å². The van der Waals surface area contributed by atoms with Gasteiger partial charge >= 0.3 is 0 Å². The van der Waals surface area contributed by atoms with Crippen LogP contribution in [-0.4, -0.2) is 92.0 Å². The second-order valence-electron chi connectivity index (χ2n) is 11.7. The number of benzene rings is 1. The van der Waals surface area contributed by atoms with Gasteiger partial charge in [-0.3, -0.25) is 14.4 Å². The summed E-state index contributed by atoms with van der Waals surface area (Å²) >= 11 is 0. The number of likely N-dealkylation sites (tertiary alicyclic amines) is 1. The zero-order valence-electron chi connectivity index (χ0n) is 22.6. The maximum atomic E-state index is 14.0. The molecule has 4 rings (SSSR count). The number of ether oxygens (including phenoxy) is 1. The van der Waals surface area contributed by atoms with Gasteiger partial charge in [-0.2, -0.15) is 0 Å². The molecule has 1 aromatic rings. The molecule has 0 spiro atoms. The number of rotatable bonds is 7. The molecule has 1 N–H and O–H groups in total. The predicted octanol–water partition coefficient (Wildman–Crippen LogP) is 2.42. The summed E-state index contributed by atoms with van der Waals surface area (Å²) in [7, 11) is 2.13. The fourth-order valence-electron chi connectivity index (χ4n) is 5.57. The first-order valence-electron chi connectivity index (χ1n) is 13.3. The van der Waals surface area contributed by atoms with Crippen molar-refractivity contribution in [1.82, 2.24) is 15.1 Å². The molecule has 3 heterocycles. The zero-order chi connectivity index (χ0) is 26.2. The lowest BCUT2D eigenvalue weighted by Crippen LogP contribution is -2.57. The molecule has 1 aromatic carbocycles. The standard InChI is InChI=1S/C28H42N4O4/c1-7-28(4,5)25(27(35)32-16-21(18(2)3)24-23(32)22(33)17-36-24)29-26(34)19-8-10-20(11-9-19)31-14-12-30(6)13-15-31/h8-11,18,21,23-25H,7,12-17H2,1-6H3,(H,29,34)/t21-,23+,24+,25?/m0/s1. The Hall–Kier alpha value is -2.45. The minimum absolute atomic E-state index is 0.0459. The number of likely N-dealkylation sites (N-methyl/N-ethyl adjacent to an activating group) is 1. The molecule has 4 atom stereocenters. The molecule has 3 aliphatic heterocycles. The van der Waals surface area contributed by atoms with E-state index in [0.717, 1.165) is 31.9 Å². The lowest BCUT2D eigenvalue weighted by atomic mass is 9.80. The minimum Gasteiger partial charge on any atom is -0.369 e. The van der Waals surface area contributed by atoms with Crippen LogP contribution in [0.2, 0.25) is 0 Å². The molecular weight excluding hydrogens is 456 g/mol. The summed E-state index contributed by atoms with van der Waals surface area (Å²) in [5.41, 5.74) is 1.14. The molecular formula is C28H42N4O4. The first kappa shape index (κ1) is 26.6. The minimum atomic E-state index is -0.743. The Morgan fingerprint density at radius 1 is 1.11 bits per heavy atom. The molecule has 198 valence electrons. The van der Waals surface area contributed by atoms with Crippen molar-refractivity contribution in [3.8, 4) is 0 Å². The average Bonchev–Trinajstić information content (AvgIpc) is 3.43. The lowest BCUT2D eigenvalue weighted by molar-refractivity contribution is -0.140.